The quantitative estimate of drug-likeness (QED) is 0.165. The van der Waals surface area contributed by atoms with Gasteiger partial charge in [-0.05, 0) is 102 Å². The summed E-state index contributed by atoms with van der Waals surface area (Å²) in [7, 11) is 0. The maximum absolute atomic E-state index is 6.93. The molecule has 3 nitrogen and oxygen atoms in total. The molecule has 61 heavy (non-hydrogen) atoms. The number of ether oxygens (including phenoxy) is 1. The van der Waals surface area contributed by atoms with Gasteiger partial charge in [0.05, 0.1) is 11.4 Å². The Morgan fingerprint density at radius 2 is 0.918 bits per heavy atom. The average molecular weight is 1010 g/mol. The van der Waals surface area contributed by atoms with Crippen LogP contribution in [-0.2, 0) is 37.3 Å². The smallest absolute Gasteiger partial charge is 0.457 e. The molecule has 0 unspecified atom stereocenters. The van der Waals surface area contributed by atoms with Crippen LogP contribution < -0.4 is 4.74 Å². The predicted octanol–water partition coefficient (Wildman–Crippen LogP) is 15.2. The first kappa shape index (κ1) is 39.7. The van der Waals surface area contributed by atoms with E-state index in [1.54, 1.807) is 0 Å². The topological polar surface area (TPSA) is 35.0 Å². The molecule has 1 aliphatic heterocycles. The Balaban J connectivity index is 0.00000445. The molecule has 0 fully saturated rings. The average Bonchev–Trinajstić information content (AvgIpc) is 3.82. The van der Waals surface area contributed by atoms with Crippen LogP contribution in [0.2, 0.25) is 0 Å². The number of rotatable bonds is 4. The first-order valence-electron chi connectivity index (χ1n) is 20.5. The van der Waals surface area contributed by atoms with Gasteiger partial charge in [-0.2, -0.15) is 22.7 Å². The molecule has 6 heteroatoms. The molecule has 0 bridgehead atoms. The van der Waals surface area contributed by atoms with Crippen molar-refractivity contribution in [2.75, 3.05) is 0 Å². The van der Waals surface area contributed by atoms with Crippen LogP contribution in [0.25, 0.3) is 62.9 Å². The van der Waals surface area contributed by atoms with E-state index in [1.165, 1.54) is 51.5 Å². The van der Waals surface area contributed by atoms with Gasteiger partial charge in [-0.1, -0.05) is 125 Å². The SMILES string of the molecule is CC(C)(C)c1ccc2c(c1)C(c1cccc(-c3[c-]cc4c(c3)sc3ccccc34)n1)(c1cccc(-c3[c-]cc4c(c3)sc3ccccc34)n1)c1cc(C(C)(C)C)ccc1O2.[Pt+2]. The summed E-state index contributed by atoms with van der Waals surface area (Å²) in [5.74, 6) is 1.60. The van der Waals surface area contributed by atoms with Gasteiger partial charge in [0, 0.05) is 20.5 Å². The van der Waals surface area contributed by atoms with Crippen molar-refractivity contribution in [3.05, 3.63) is 191 Å². The number of hydrogen-bond acceptors (Lipinski definition) is 5. The number of hydrogen-bond donors (Lipinski definition) is 0. The number of aromatic nitrogens is 2. The van der Waals surface area contributed by atoms with Crippen molar-refractivity contribution >= 4 is 63.0 Å². The second-order valence-corrected chi connectivity index (χ2v) is 20.2. The normalized spacial score (nSPS) is 13.5. The van der Waals surface area contributed by atoms with E-state index in [1.807, 2.05) is 22.7 Å². The summed E-state index contributed by atoms with van der Waals surface area (Å²) in [5, 5.41) is 4.96. The zero-order chi connectivity index (χ0) is 41.0. The van der Waals surface area contributed by atoms with E-state index >= 15 is 0 Å². The second-order valence-electron chi connectivity index (χ2n) is 18.0. The first-order chi connectivity index (χ1) is 28.9. The summed E-state index contributed by atoms with van der Waals surface area (Å²) in [5.41, 5.74) is 8.66. The molecular weight excluding hydrogens is 964 g/mol. The van der Waals surface area contributed by atoms with Gasteiger partial charge in [0.2, 0.25) is 0 Å². The molecule has 10 aromatic rings. The maximum atomic E-state index is 6.93. The number of pyridine rings is 2. The molecular formula is C55H42N2OPtS2. The molecule has 0 spiro atoms. The summed E-state index contributed by atoms with van der Waals surface area (Å²) in [6.45, 7) is 13.6. The molecule has 0 saturated heterocycles. The van der Waals surface area contributed by atoms with E-state index in [9.17, 15) is 0 Å². The summed E-state index contributed by atoms with van der Waals surface area (Å²) < 4.78 is 11.9. The van der Waals surface area contributed by atoms with Gasteiger partial charge in [-0.3, -0.25) is 9.97 Å². The third-order valence-corrected chi connectivity index (χ3v) is 14.4. The molecule has 11 rings (SSSR count). The zero-order valence-corrected chi connectivity index (χ0v) is 38.7. The van der Waals surface area contributed by atoms with Crippen LogP contribution in [0.4, 0.5) is 0 Å². The van der Waals surface area contributed by atoms with Crippen molar-refractivity contribution in [2.24, 2.45) is 0 Å². The van der Waals surface area contributed by atoms with Gasteiger partial charge in [0.25, 0.3) is 0 Å². The van der Waals surface area contributed by atoms with Crippen LogP contribution >= 0.6 is 22.7 Å². The molecule has 6 aromatic carbocycles. The van der Waals surface area contributed by atoms with E-state index in [0.29, 0.717) is 0 Å². The molecule has 0 N–H and O–H groups in total. The van der Waals surface area contributed by atoms with Crippen molar-refractivity contribution in [3.8, 4) is 34.0 Å². The Hall–Kier alpha value is -5.45. The summed E-state index contributed by atoms with van der Waals surface area (Å²) in [4.78, 5) is 11.4. The number of benzene rings is 6. The summed E-state index contributed by atoms with van der Waals surface area (Å²) >= 11 is 3.63. The van der Waals surface area contributed by atoms with Crippen LogP contribution in [0.3, 0.4) is 0 Å². The van der Waals surface area contributed by atoms with E-state index in [0.717, 1.165) is 56.5 Å². The first-order valence-corrected chi connectivity index (χ1v) is 22.2. The Morgan fingerprint density at radius 3 is 1.36 bits per heavy atom. The minimum absolute atomic E-state index is 0. The van der Waals surface area contributed by atoms with Crippen molar-refractivity contribution in [1.29, 1.82) is 0 Å². The van der Waals surface area contributed by atoms with Crippen molar-refractivity contribution in [1.82, 2.24) is 9.97 Å². The molecule has 300 valence electrons. The summed E-state index contributed by atoms with van der Waals surface area (Å²) in [6, 6.07) is 59.5. The fourth-order valence-electron chi connectivity index (χ4n) is 8.91. The van der Waals surface area contributed by atoms with Gasteiger partial charge in [0.15, 0.2) is 0 Å². The van der Waals surface area contributed by atoms with Gasteiger partial charge < -0.3 is 4.74 Å². The van der Waals surface area contributed by atoms with E-state index < -0.39 is 5.41 Å². The molecule has 5 heterocycles. The van der Waals surface area contributed by atoms with E-state index in [4.69, 9.17) is 14.7 Å². The largest absolute Gasteiger partial charge is 2.00 e. The van der Waals surface area contributed by atoms with E-state index in [2.05, 4.69) is 199 Å². The minimum Gasteiger partial charge on any atom is -0.457 e. The van der Waals surface area contributed by atoms with Gasteiger partial charge in [-0.15, -0.1) is 47.5 Å². The molecule has 0 aliphatic carbocycles. The molecule has 0 amide bonds. The fourth-order valence-corrected chi connectivity index (χ4v) is 11.2. The Bertz CT molecular complexity index is 3120. The van der Waals surface area contributed by atoms with Crippen molar-refractivity contribution in [3.63, 3.8) is 0 Å². The molecule has 4 aromatic heterocycles. The zero-order valence-electron chi connectivity index (χ0n) is 34.8. The van der Waals surface area contributed by atoms with Crippen molar-refractivity contribution in [2.45, 2.75) is 57.8 Å². The van der Waals surface area contributed by atoms with Crippen LogP contribution in [0.15, 0.2) is 146 Å². The Labute approximate surface area is 379 Å². The van der Waals surface area contributed by atoms with E-state index in [-0.39, 0.29) is 31.9 Å². The monoisotopic (exact) mass is 1010 g/mol. The number of thiophene rings is 2. The fraction of sp³-hybridized carbons (Fsp3) is 0.164. The van der Waals surface area contributed by atoms with Crippen LogP contribution in [0.5, 0.6) is 11.5 Å². The maximum Gasteiger partial charge on any atom is 2.00 e. The molecule has 0 saturated carbocycles. The molecule has 0 atom stereocenters. The van der Waals surface area contributed by atoms with Crippen LogP contribution in [0.1, 0.15) is 75.2 Å². The summed E-state index contributed by atoms with van der Waals surface area (Å²) in [6.07, 6.45) is 0. The van der Waals surface area contributed by atoms with Crippen molar-refractivity contribution < 1.29 is 25.8 Å². The second kappa shape index (κ2) is 14.6. The van der Waals surface area contributed by atoms with Gasteiger partial charge in [-0.25, -0.2) is 0 Å². The molecule has 0 radical (unpaired) electrons. The van der Waals surface area contributed by atoms with Crippen LogP contribution in [-0.4, -0.2) is 9.97 Å². The number of fused-ring (bicyclic) bond motifs is 8. The third kappa shape index (κ3) is 6.47. The third-order valence-electron chi connectivity index (χ3n) is 12.2. The molecule has 1 aliphatic rings. The standard InChI is InChI=1S/C55H42N2OS2.Pt/c1-53(2,3)35-23-27-45-41(31-35)55(42-32-36(54(4,5)6)24-28-46(42)58-45,51-19-11-15-43(56-51)33-21-25-39-37-13-7-9-17-47(37)59-49(39)29-33)52-20-12-16-44(57-52)34-22-26-40-38-14-8-10-18-48(38)60-50(40)30-34;/h7-20,23-32H,1-6H3;/q-2;+2. The number of nitrogens with zero attached hydrogens (tertiary/aromatic N) is 2. The Morgan fingerprint density at radius 1 is 0.475 bits per heavy atom. The van der Waals surface area contributed by atoms with Gasteiger partial charge >= 0.3 is 21.1 Å². The predicted molar refractivity (Wildman–Crippen MR) is 252 cm³/mol. The Kier molecular flexibility index (Phi) is 9.49. The van der Waals surface area contributed by atoms with Crippen LogP contribution in [0, 0.1) is 12.1 Å². The minimum atomic E-state index is -0.957. The van der Waals surface area contributed by atoms with Gasteiger partial charge in [0.1, 0.15) is 16.9 Å².